The van der Waals surface area contributed by atoms with Crippen LogP contribution in [0.1, 0.15) is 36.8 Å². The van der Waals surface area contributed by atoms with Crippen LogP contribution in [0.15, 0.2) is 85.1 Å². The number of aromatic nitrogens is 3. The van der Waals surface area contributed by atoms with Crippen LogP contribution in [0.5, 0.6) is 0 Å². The Morgan fingerprint density at radius 1 is 0.814 bits per heavy atom. The van der Waals surface area contributed by atoms with Crippen LogP contribution in [0.3, 0.4) is 0 Å². The number of hydrogen-bond donors (Lipinski definition) is 1. The van der Waals surface area contributed by atoms with Gasteiger partial charge in [0.2, 0.25) is 11.7 Å². The molecule has 6 aromatic rings. The summed E-state index contributed by atoms with van der Waals surface area (Å²) in [5.74, 6) is -2.78. The van der Waals surface area contributed by atoms with E-state index in [9.17, 15) is 19.2 Å². The second-order valence-electron chi connectivity index (χ2n) is 9.58. The molecular weight excluding hydrogens is 572 g/mol. The Morgan fingerprint density at radius 2 is 1.49 bits per heavy atom. The molecule has 0 unspecified atom stereocenters. The number of imidazole rings is 1. The number of hydrogen-bond acceptors (Lipinski definition) is 7. The van der Waals surface area contributed by atoms with Crippen LogP contribution < -0.4 is 5.32 Å². The van der Waals surface area contributed by atoms with Gasteiger partial charge in [0.25, 0.3) is 0 Å². The Labute approximate surface area is 249 Å². The van der Waals surface area contributed by atoms with Gasteiger partial charge in [-0.05, 0) is 48.5 Å². The summed E-state index contributed by atoms with van der Waals surface area (Å²) in [7, 11) is 2.32. The highest BCUT2D eigenvalue weighted by molar-refractivity contribution is 6.30. The topological polar surface area (TPSA) is 121 Å². The number of methoxy groups -OCH3 is 2. The van der Waals surface area contributed by atoms with Crippen LogP contribution >= 0.6 is 11.6 Å². The summed E-state index contributed by atoms with van der Waals surface area (Å²) in [5, 5.41) is 4.18. The van der Waals surface area contributed by atoms with Crippen molar-refractivity contribution in [3.05, 3.63) is 112 Å². The number of para-hydroxylation sites is 3. The molecule has 6 rings (SSSR count). The molecule has 1 amide bonds. The van der Waals surface area contributed by atoms with Gasteiger partial charge in [-0.15, -0.1) is 0 Å². The predicted molar refractivity (Wildman–Crippen MR) is 161 cm³/mol. The molecule has 0 aliphatic rings. The number of pyridine rings is 1. The van der Waals surface area contributed by atoms with E-state index in [1.807, 2.05) is 18.2 Å². The van der Waals surface area contributed by atoms with Gasteiger partial charge in [-0.1, -0.05) is 41.9 Å². The van der Waals surface area contributed by atoms with Gasteiger partial charge in [0.05, 0.1) is 36.5 Å². The molecule has 3 aromatic heterocycles. The van der Waals surface area contributed by atoms with Crippen molar-refractivity contribution in [1.82, 2.24) is 14.0 Å². The van der Waals surface area contributed by atoms with Crippen LogP contribution in [0, 0.1) is 0 Å². The molecular formula is C32H23ClN4O6. The molecule has 0 atom stereocenters. The van der Waals surface area contributed by atoms with Crippen molar-refractivity contribution in [2.75, 3.05) is 19.5 Å². The molecule has 43 heavy (non-hydrogen) atoms. The zero-order valence-corrected chi connectivity index (χ0v) is 23.7. The Morgan fingerprint density at radius 3 is 2.21 bits per heavy atom. The first kappa shape index (κ1) is 27.7. The average Bonchev–Trinajstić information content (AvgIpc) is 3.53. The van der Waals surface area contributed by atoms with Crippen LogP contribution in [0.4, 0.5) is 5.69 Å². The van der Waals surface area contributed by atoms with Crippen LogP contribution in [0.2, 0.25) is 5.02 Å². The number of esters is 2. The third kappa shape index (κ3) is 4.67. The van der Waals surface area contributed by atoms with E-state index in [0.717, 1.165) is 12.5 Å². The first-order chi connectivity index (χ1) is 20.8. The monoisotopic (exact) mass is 594 g/mol. The summed E-state index contributed by atoms with van der Waals surface area (Å²) < 4.78 is 13.2. The summed E-state index contributed by atoms with van der Waals surface area (Å²) in [6.07, 6.45) is 1.64. The molecule has 1 N–H and O–H groups in total. The number of rotatable bonds is 7. The van der Waals surface area contributed by atoms with Crippen molar-refractivity contribution in [1.29, 1.82) is 0 Å². The summed E-state index contributed by atoms with van der Waals surface area (Å²) in [4.78, 5) is 58.6. The normalized spacial score (nSPS) is 11.1. The fourth-order valence-electron chi connectivity index (χ4n) is 5.29. The van der Waals surface area contributed by atoms with Gasteiger partial charge in [-0.2, -0.15) is 0 Å². The second-order valence-corrected chi connectivity index (χ2v) is 10.0. The number of halogens is 1. The van der Waals surface area contributed by atoms with E-state index in [1.165, 1.54) is 23.6 Å². The lowest BCUT2D eigenvalue weighted by molar-refractivity contribution is -0.116. The number of ether oxygens (including phenoxy) is 2. The molecule has 0 radical (unpaired) electrons. The Kier molecular flexibility index (Phi) is 7.12. The highest BCUT2D eigenvalue weighted by Crippen LogP contribution is 2.34. The smallest absolute Gasteiger partial charge is 0.342 e. The molecule has 0 saturated heterocycles. The van der Waals surface area contributed by atoms with Crippen LogP contribution in [-0.2, 0) is 20.8 Å². The Balaban J connectivity index is 1.60. The number of ketones is 1. The van der Waals surface area contributed by atoms with Gasteiger partial charge < -0.3 is 19.4 Å². The van der Waals surface area contributed by atoms with E-state index >= 15 is 0 Å². The van der Waals surface area contributed by atoms with Gasteiger partial charge in [-0.25, -0.2) is 9.59 Å². The second kappa shape index (κ2) is 11.1. The fourth-order valence-corrected chi connectivity index (χ4v) is 5.42. The fraction of sp³-hybridized carbons (Fsp3) is 0.0938. The number of nitrogens with one attached hydrogen (secondary N) is 1. The molecule has 0 bridgehead atoms. The van der Waals surface area contributed by atoms with Gasteiger partial charge in [-0.3, -0.25) is 19.0 Å². The summed E-state index contributed by atoms with van der Waals surface area (Å²) in [5.41, 5.74) is 1.89. The van der Waals surface area contributed by atoms with Crippen molar-refractivity contribution in [3.63, 3.8) is 0 Å². The molecule has 3 heterocycles. The molecule has 0 saturated carbocycles. The minimum atomic E-state index is -0.914. The zero-order valence-electron chi connectivity index (χ0n) is 23.0. The average molecular weight is 595 g/mol. The third-order valence-electron chi connectivity index (χ3n) is 7.12. The quantitative estimate of drug-likeness (QED) is 0.190. The third-order valence-corrected chi connectivity index (χ3v) is 7.38. The minimum Gasteiger partial charge on any atom is -0.465 e. The number of fused-ring (bicyclic) bond motifs is 4. The predicted octanol–water partition coefficient (Wildman–Crippen LogP) is 5.54. The molecule has 10 nitrogen and oxygen atoms in total. The van der Waals surface area contributed by atoms with Crippen LogP contribution in [0.25, 0.3) is 27.6 Å². The number of anilines is 1. The lowest BCUT2D eigenvalue weighted by Gasteiger charge is -2.11. The molecule has 0 spiro atoms. The zero-order chi connectivity index (χ0) is 30.2. The Hall–Kier alpha value is -5.48. The number of carbonyl (C=O) groups excluding carboxylic acids is 4. The van der Waals surface area contributed by atoms with Crippen molar-refractivity contribution >= 4 is 68.5 Å². The van der Waals surface area contributed by atoms with E-state index in [4.69, 9.17) is 21.1 Å². The molecule has 0 aliphatic heterocycles. The highest BCUT2D eigenvalue weighted by Gasteiger charge is 2.36. The standard InChI is InChI=1S/C32H23ClN4O6/c1-42-31(40)25-26(32(41)43-2)30-36(17-24(38)35-21-9-5-7-18-8-6-16-34-27(18)21)22-10-3-4-11-23(22)37(30)28(25)29(39)19-12-14-20(33)15-13-19/h3-16H,17H2,1-2H3,(H,35,38). The van der Waals surface area contributed by atoms with E-state index < -0.39 is 23.6 Å². The molecule has 11 heteroatoms. The van der Waals surface area contributed by atoms with E-state index in [1.54, 1.807) is 59.3 Å². The van der Waals surface area contributed by atoms with E-state index in [0.29, 0.717) is 27.3 Å². The maximum absolute atomic E-state index is 14.1. The van der Waals surface area contributed by atoms with E-state index in [2.05, 4.69) is 10.3 Å². The van der Waals surface area contributed by atoms with Crippen molar-refractivity contribution in [2.24, 2.45) is 0 Å². The Bertz CT molecular complexity index is 2090. The molecule has 0 aliphatic carbocycles. The lowest BCUT2D eigenvalue weighted by atomic mass is 10.0. The number of carbonyl (C=O) groups is 4. The maximum atomic E-state index is 14.1. The van der Waals surface area contributed by atoms with Gasteiger partial charge in [0.1, 0.15) is 29.0 Å². The first-order valence-electron chi connectivity index (χ1n) is 13.1. The van der Waals surface area contributed by atoms with Gasteiger partial charge in [0.15, 0.2) is 0 Å². The minimum absolute atomic E-state index is 0.113. The summed E-state index contributed by atoms with van der Waals surface area (Å²) in [6.45, 7) is -0.274. The summed E-state index contributed by atoms with van der Waals surface area (Å²) in [6, 6.07) is 22.3. The highest BCUT2D eigenvalue weighted by atomic mass is 35.5. The first-order valence-corrected chi connectivity index (χ1v) is 13.5. The maximum Gasteiger partial charge on any atom is 0.342 e. The van der Waals surface area contributed by atoms with Crippen molar-refractivity contribution in [3.8, 4) is 0 Å². The van der Waals surface area contributed by atoms with Crippen molar-refractivity contribution in [2.45, 2.75) is 6.54 Å². The van der Waals surface area contributed by atoms with Gasteiger partial charge >= 0.3 is 11.9 Å². The summed E-state index contributed by atoms with van der Waals surface area (Å²) >= 11 is 6.05. The lowest BCUT2D eigenvalue weighted by Crippen LogP contribution is -2.20. The number of amides is 1. The largest absolute Gasteiger partial charge is 0.465 e. The molecule has 0 fully saturated rings. The number of nitrogens with zero attached hydrogens (tertiary/aromatic N) is 3. The SMILES string of the molecule is COC(=O)c1c(C(=O)OC)c2n(CC(=O)Nc3cccc4cccnc34)c3ccccc3n2c1C(=O)c1ccc(Cl)cc1. The number of benzene rings is 3. The van der Waals surface area contributed by atoms with Crippen LogP contribution in [-0.4, -0.2) is 51.8 Å². The molecule has 3 aromatic carbocycles. The van der Waals surface area contributed by atoms with Crippen molar-refractivity contribution < 1.29 is 28.7 Å². The van der Waals surface area contributed by atoms with Gasteiger partial charge in [0, 0.05) is 22.2 Å². The van der Waals surface area contributed by atoms with E-state index in [-0.39, 0.29) is 34.6 Å². The molecule has 214 valence electrons.